The lowest BCUT2D eigenvalue weighted by Gasteiger charge is -2.36. The van der Waals surface area contributed by atoms with Crippen molar-refractivity contribution >= 4 is 24.4 Å². The molecule has 0 saturated carbocycles. The SMILES string of the molecule is CC(C)C(CS)CN1C(=O)CC(C)(C)CC1=O. The molecule has 1 saturated heterocycles. The van der Waals surface area contributed by atoms with Gasteiger partial charge in [-0.25, -0.2) is 0 Å². The Kier molecular flexibility index (Phi) is 4.64. The summed E-state index contributed by atoms with van der Waals surface area (Å²) in [4.78, 5) is 25.4. The highest BCUT2D eigenvalue weighted by Crippen LogP contribution is 2.32. The number of hydrogen-bond donors (Lipinski definition) is 1. The van der Waals surface area contributed by atoms with E-state index in [9.17, 15) is 9.59 Å². The lowest BCUT2D eigenvalue weighted by molar-refractivity contribution is -0.153. The maximum Gasteiger partial charge on any atom is 0.229 e. The van der Waals surface area contributed by atoms with E-state index in [1.165, 1.54) is 4.90 Å². The van der Waals surface area contributed by atoms with E-state index in [4.69, 9.17) is 0 Å². The van der Waals surface area contributed by atoms with Crippen molar-refractivity contribution in [1.82, 2.24) is 4.90 Å². The average molecular weight is 257 g/mol. The maximum absolute atomic E-state index is 12.0. The molecule has 0 N–H and O–H groups in total. The number of carbonyl (C=O) groups excluding carboxylic acids is 2. The second-order valence-corrected chi connectivity index (χ2v) is 6.47. The van der Waals surface area contributed by atoms with Crippen molar-refractivity contribution in [1.29, 1.82) is 0 Å². The fraction of sp³-hybridized carbons (Fsp3) is 0.846. The van der Waals surface area contributed by atoms with Gasteiger partial charge in [0.15, 0.2) is 0 Å². The molecule has 0 aromatic carbocycles. The predicted molar refractivity (Wildman–Crippen MR) is 71.9 cm³/mol. The van der Waals surface area contributed by atoms with Crippen molar-refractivity contribution in [3.63, 3.8) is 0 Å². The quantitative estimate of drug-likeness (QED) is 0.620. The molecule has 0 bridgehead atoms. The molecular weight excluding hydrogens is 234 g/mol. The molecular formula is C13H23NO2S. The summed E-state index contributed by atoms with van der Waals surface area (Å²) in [6, 6.07) is 0. The number of rotatable bonds is 4. The van der Waals surface area contributed by atoms with Crippen LogP contribution < -0.4 is 0 Å². The fourth-order valence-corrected chi connectivity index (χ4v) is 2.67. The second kappa shape index (κ2) is 5.42. The van der Waals surface area contributed by atoms with Gasteiger partial charge >= 0.3 is 0 Å². The molecule has 0 aromatic rings. The lowest BCUT2D eigenvalue weighted by Crippen LogP contribution is -2.48. The molecule has 1 unspecified atom stereocenters. The zero-order valence-electron chi connectivity index (χ0n) is 11.2. The molecule has 1 atom stereocenters. The summed E-state index contributed by atoms with van der Waals surface area (Å²) in [7, 11) is 0. The van der Waals surface area contributed by atoms with E-state index >= 15 is 0 Å². The van der Waals surface area contributed by atoms with Gasteiger partial charge in [-0.15, -0.1) is 0 Å². The molecule has 1 rings (SSSR count). The Morgan fingerprint density at radius 2 is 1.71 bits per heavy atom. The minimum Gasteiger partial charge on any atom is -0.282 e. The van der Waals surface area contributed by atoms with Crippen LogP contribution in [0.1, 0.15) is 40.5 Å². The van der Waals surface area contributed by atoms with Gasteiger partial charge in [0, 0.05) is 19.4 Å². The molecule has 3 nitrogen and oxygen atoms in total. The van der Waals surface area contributed by atoms with E-state index in [0.717, 1.165) is 0 Å². The molecule has 1 fully saturated rings. The van der Waals surface area contributed by atoms with Crippen LogP contribution in [0.25, 0.3) is 0 Å². The lowest BCUT2D eigenvalue weighted by atomic mass is 9.81. The van der Waals surface area contributed by atoms with E-state index in [0.29, 0.717) is 31.1 Å². The Hall–Kier alpha value is -0.510. The molecule has 1 heterocycles. The van der Waals surface area contributed by atoms with Gasteiger partial charge < -0.3 is 0 Å². The smallest absolute Gasteiger partial charge is 0.229 e. The van der Waals surface area contributed by atoms with Crippen LogP contribution in [0.15, 0.2) is 0 Å². The highest BCUT2D eigenvalue weighted by atomic mass is 32.1. The van der Waals surface area contributed by atoms with Crippen molar-refractivity contribution < 1.29 is 9.59 Å². The second-order valence-electron chi connectivity index (χ2n) is 6.10. The monoisotopic (exact) mass is 257 g/mol. The minimum absolute atomic E-state index is 0.0290. The highest BCUT2D eigenvalue weighted by Gasteiger charge is 2.38. The largest absolute Gasteiger partial charge is 0.282 e. The minimum atomic E-state index is -0.182. The normalized spacial score (nSPS) is 22.1. The number of thiol groups is 1. The number of amides is 2. The summed E-state index contributed by atoms with van der Waals surface area (Å²) in [6.45, 7) is 8.67. The molecule has 0 spiro atoms. The zero-order valence-corrected chi connectivity index (χ0v) is 12.1. The number of piperidine rings is 1. The first-order chi connectivity index (χ1) is 7.76. The summed E-state index contributed by atoms with van der Waals surface area (Å²) in [5.41, 5.74) is -0.182. The van der Waals surface area contributed by atoms with Gasteiger partial charge in [-0.1, -0.05) is 27.7 Å². The van der Waals surface area contributed by atoms with Crippen LogP contribution >= 0.6 is 12.6 Å². The van der Waals surface area contributed by atoms with E-state index in [2.05, 4.69) is 26.5 Å². The van der Waals surface area contributed by atoms with Crippen LogP contribution in [0.4, 0.5) is 0 Å². The van der Waals surface area contributed by atoms with Crippen molar-refractivity contribution in [3.8, 4) is 0 Å². The summed E-state index contributed by atoms with van der Waals surface area (Å²) in [6.07, 6.45) is 0.937. The Labute approximate surface area is 109 Å². The molecule has 0 aliphatic carbocycles. The van der Waals surface area contributed by atoms with Gasteiger partial charge in [0.1, 0.15) is 0 Å². The van der Waals surface area contributed by atoms with Gasteiger partial charge in [0.2, 0.25) is 11.8 Å². The third kappa shape index (κ3) is 3.73. The van der Waals surface area contributed by atoms with Crippen LogP contribution in [0, 0.1) is 17.3 Å². The van der Waals surface area contributed by atoms with Gasteiger partial charge in [0.05, 0.1) is 0 Å². The maximum atomic E-state index is 12.0. The number of likely N-dealkylation sites (tertiary alicyclic amines) is 1. The Morgan fingerprint density at radius 1 is 1.24 bits per heavy atom. The van der Waals surface area contributed by atoms with E-state index < -0.39 is 0 Å². The van der Waals surface area contributed by atoms with Crippen LogP contribution in [-0.4, -0.2) is 29.0 Å². The summed E-state index contributed by atoms with van der Waals surface area (Å²) in [5, 5.41) is 0. The zero-order chi connectivity index (χ0) is 13.2. The van der Waals surface area contributed by atoms with E-state index in [1.54, 1.807) is 0 Å². The molecule has 1 aliphatic rings. The summed E-state index contributed by atoms with van der Waals surface area (Å²) >= 11 is 4.30. The standard InChI is InChI=1S/C13H23NO2S/c1-9(2)10(8-17)7-14-11(15)5-13(3,4)6-12(14)16/h9-10,17H,5-8H2,1-4H3. The summed E-state index contributed by atoms with van der Waals surface area (Å²) < 4.78 is 0. The molecule has 2 amide bonds. The molecule has 98 valence electrons. The van der Waals surface area contributed by atoms with Gasteiger partial charge in [0.25, 0.3) is 0 Å². The van der Waals surface area contributed by atoms with E-state index in [1.807, 2.05) is 13.8 Å². The van der Waals surface area contributed by atoms with Gasteiger partial charge in [-0.05, 0) is 23.0 Å². The van der Waals surface area contributed by atoms with Crippen LogP contribution in [0.3, 0.4) is 0 Å². The molecule has 0 aromatic heterocycles. The first-order valence-electron chi connectivity index (χ1n) is 6.21. The highest BCUT2D eigenvalue weighted by molar-refractivity contribution is 7.80. The first-order valence-corrected chi connectivity index (χ1v) is 6.84. The number of carbonyl (C=O) groups is 2. The van der Waals surface area contributed by atoms with Crippen molar-refractivity contribution in [3.05, 3.63) is 0 Å². The van der Waals surface area contributed by atoms with Crippen molar-refractivity contribution in [2.45, 2.75) is 40.5 Å². The molecule has 4 heteroatoms. The van der Waals surface area contributed by atoms with Crippen LogP contribution in [0.5, 0.6) is 0 Å². The molecule has 0 radical (unpaired) electrons. The number of nitrogens with zero attached hydrogens (tertiary/aromatic N) is 1. The topological polar surface area (TPSA) is 37.4 Å². The number of hydrogen-bond acceptors (Lipinski definition) is 3. The molecule has 1 aliphatic heterocycles. The summed E-state index contributed by atoms with van der Waals surface area (Å²) in [5.74, 6) is 1.37. The van der Waals surface area contributed by atoms with Crippen molar-refractivity contribution in [2.24, 2.45) is 17.3 Å². The van der Waals surface area contributed by atoms with Gasteiger partial charge in [-0.2, -0.15) is 12.6 Å². The third-order valence-corrected chi connectivity index (χ3v) is 3.93. The first kappa shape index (κ1) is 14.6. The predicted octanol–water partition coefficient (Wildman–Crippen LogP) is 2.36. The van der Waals surface area contributed by atoms with E-state index in [-0.39, 0.29) is 23.1 Å². The third-order valence-electron chi connectivity index (χ3n) is 3.46. The van der Waals surface area contributed by atoms with Crippen LogP contribution in [0.2, 0.25) is 0 Å². The van der Waals surface area contributed by atoms with Gasteiger partial charge in [-0.3, -0.25) is 14.5 Å². The molecule has 17 heavy (non-hydrogen) atoms. The Bertz CT molecular complexity index is 293. The van der Waals surface area contributed by atoms with Crippen molar-refractivity contribution in [2.75, 3.05) is 12.3 Å². The Morgan fingerprint density at radius 3 is 2.06 bits per heavy atom. The number of imide groups is 1. The van der Waals surface area contributed by atoms with Crippen LogP contribution in [-0.2, 0) is 9.59 Å². The fourth-order valence-electron chi connectivity index (χ4n) is 2.13. The Balaban J connectivity index is 2.72. The average Bonchev–Trinajstić information content (AvgIpc) is 2.14.